The monoisotopic (exact) mass is 294 g/mol. The molecule has 0 amide bonds. The Labute approximate surface area is 109 Å². The summed E-state index contributed by atoms with van der Waals surface area (Å²) in [6, 6.07) is 0. The molecule has 0 aromatic carbocycles. The molecule has 2 heterocycles. The summed E-state index contributed by atoms with van der Waals surface area (Å²) < 4.78 is 23.4. The molecule has 1 saturated heterocycles. The molecule has 1 aromatic heterocycles. The van der Waals surface area contributed by atoms with Crippen LogP contribution in [0, 0.1) is 0 Å². The van der Waals surface area contributed by atoms with E-state index in [4.69, 9.17) is 5.73 Å². The molecule has 1 fully saturated rings. The summed E-state index contributed by atoms with van der Waals surface area (Å²) in [5.74, 6) is 1.56. The molecule has 6 nitrogen and oxygen atoms in total. The fourth-order valence-corrected chi connectivity index (χ4v) is 5.27. The van der Waals surface area contributed by atoms with E-state index in [0.717, 1.165) is 17.3 Å². The largest absolute Gasteiger partial charge is 0.374 e. The Bertz CT molecular complexity index is 487. The molecule has 0 saturated carbocycles. The van der Waals surface area contributed by atoms with Gasteiger partial charge in [0, 0.05) is 24.3 Å². The first-order valence-electron chi connectivity index (χ1n) is 5.05. The lowest BCUT2D eigenvalue weighted by Gasteiger charge is -2.33. The van der Waals surface area contributed by atoms with Crippen molar-refractivity contribution in [3.05, 3.63) is 5.01 Å². The zero-order valence-corrected chi connectivity index (χ0v) is 11.8. The van der Waals surface area contributed by atoms with E-state index < -0.39 is 15.2 Å². The average molecular weight is 294 g/mol. The topological polar surface area (TPSA) is 89.2 Å². The lowest BCUT2D eigenvalue weighted by atomic mass is 10.4. The van der Waals surface area contributed by atoms with Crippen molar-refractivity contribution in [1.82, 2.24) is 15.1 Å². The van der Waals surface area contributed by atoms with Crippen molar-refractivity contribution in [2.45, 2.75) is 11.9 Å². The third-order valence-corrected chi connectivity index (χ3v) is 5.93. The Balaban J connectivity index is 2.12. The Hall–Kier alpha value is -0.380. The highest BCUT2D eigenvalue weighted by atomic mass is 32.2. The van der Waals surface area contributed by atoms with Crippen LogP contribution in [0.15, 0.2) is 0 Å². The molecule has 0 spiro atoms. The van der Waals surface area contributed by atoms with Crippen LogP contribution in [0.25, 0.3) is 0 Å². The van der Waals surface area contributed by atoms with Gasteiger partial charge in [-0.15, -0.1) is 10.2 Å². The predicted molar refractivity (Wildman–Crippen MR) is 70.7 cm³/mol. The van der Waals surface area contributed by atoms with Gasteiger partial charge in [-0.05, 0) is 0 Å². The maximum atomic E-state index is 11.7. The van der Waals surface area contributed by atoms with Gasteiger partial charge in [-0.1, -0.05) is 11.3 Å². The summed E-state index contributed by atoms with van der Waals surface area (Å²) in [5.41, 5.74) is 5.51. The summed E-state index contributed by atoms with van der Waals surface area (Å²) >= 11 is 2.98. The minimum absolute atomic E-state index is 0.419. The van der Waals surface area contributed by atoms with Gasteiger partial charge in [-0.2, -0.15) is 11.8 Å². The van der Waals surface area contributed by atoms with E-state index in [1.807, 2.05) is 4.90 Å². The minimum atomic E-state index is -3.06. The lowest BCUT2D eigenvalue weighted by molar-refractivity contribution is 0.261. The second-order valence-electron chi connectivity index (χ2n) is 3.86. The van der Waals surface area contributed by atoms with E-state index in [1.54, 1.807) is 11.8 Å². The van der Waals surface area contributed by atoms with Crippen LogP contribution < -0.4 is 5.73 Å². The summed E-state index contributed by atoms with van der Waals surface area (Å²) in [4.78, 5) is 1.94. The SMILES string of the molecule is CS(=O)(=O)C1CSCCN1Cc1nnc(N)s1. The molecule has 2 rings (SSSR count). The highest BCUT2D eigenvalue weighted by Crippen LogP contribution is 2.23. The molecule has 1 aromatic rings. The standard InChI is InChI=1S/C8H14N4O2S3/c1-17(13,14)7-5-15-3-2-12(7)4-6-10-11-8(9)16-6/h7H,2-5H2,1H3,(H2,9,11). The second-order valence-corrected chi connectivity index (χ2v) is 8.31. The number of nitrogens with zero attached hydrogens (tertiary/aromatic N) is 3. The number of rotatable bonds is 3. The van der Waals surface area contributed by atoms with E-state index in [-0.39, 0.29) is 0 Å². The number of thioether (sulfide) groups is 1. The number of aromatic nitrogens is 2. The van der Waals surface area contributed by atoms with Crippen molar-refractivity contribution in [1.29, 1.82) is 0 Å². The third-order valence-electron chi connectivity index (χ3n) is 2.51. The number of hydrogen-bond acceptors (Lipinski definition) is 8. The van der Waals surface area contributed by atoms with Gasteiger partial charge in [-0.25, -0.2) is 8.42 Å². The predicted octanol–water partition coefficient (Wildman–Crippen LogP) is 0.0398. The first-order chi connectivity index (χ1) is 7.97. The van der Waals surface area contributed by atoms with Gasteiger partial charge in [0.1, 0.15) is 10.4 Å². The second kappa shape index (κ2) is 5.09. The Kier molecular flexibility index (Phi) is 3.91. The van der Waals surface area contributed by atoms with Crippen molar-refractivity contribution < 1.29 is 8.42 Å². The van der Waals surface area contributed by atoms with Gasteiger partial charge >= 0.3 is 0 Å². The molecule has 1 atom stereocenters. The van der Waals surface area contributed by atoms with Gasteiger partial charge in [0.05, 0.1) is 6.54 Å². The highest BCUT2D eigenvalue weighted by molar-refractivity contribution is 8.00. The fraction of sp³-hybridized carbons (Fsp3) is 0.750. The molecule has 1 aliphatic rings. The number of nitrogens with two attached hydrogens (primary N) is 1. The molecule has 0 bridgehead atoms. The molecule has 1 aliphatic heterocycles. The molecule has 0 aliphatic carbocycles. The number of hydrogen-bond donors (Lipinski definition) is 1. The maximum absolute atomic E-state index is 11.7. The van der Waals surface area contributed by atoms with Crippen LogP contribution in [0.3, 0.4) is 0 Å². The first kappa shape index (κ1) is 13.1. The van der Waals surface area contributed by atoms with Crippen molar-refractivity contribution in [3.8, 4) is 0 Å². The molecule has 2 N–H and O–H groups in total. The number of sulfone groups is 1. The number of anilines is 1. The third kappa shape index (κ3) is 3.30. The first-order valence-corrected chi connectivity index (χ1v) is 8.98. The molecule has 1 unspecified atom stereocenters. The smallest absolute Gasteiger partial charge is 0.203 e. The van der Waals surface area contributed by atoms with Gasteiger partial charge in [0.25, 0.3) is 0 Å². The Morgan fingerprint density at radius 3 is 2.88 bits per heavy atom. The minimum Gasteiger partial charge on any atom is -0.374 e. The van der Waals surface area contributed by atoms with Gasteiger partial charge in [0.2, 0.25) is 5.13 Å². The maximum Gasteiger partial charge on any atom is 0.203 e. The zero-order valence-electron chi connectivity index (χ0n) is 9.37. The molecular weight excluding hydrogens is 280 g/mol. The van der Waals surface area contributed by atoms with Crippen LogP contribution in [-0.2, 0) is 16.4 Å². The van der Waals surface area contributed by atoms with Crippen molar-refractivity contribution in [3.63, 3.8) is 0 Å². The van der Waals surface area contributed by atoms with Crippen LogP contribution in [0.4, 0.5) is 5.13 Å². The zero-order chi connectivity index (χ0) is 12.5. The lowest BCUT2D eigenvalue weighted by Crippen LogP contribution is -2.46. The molecule has 9 heteroatoms. The quantitative estimate of drug-likeness (QED) is 0.842. The molecular formula is C8H14N4O2S3. The van der Waals surface area contributed by atoms with Crippen LogP contribution in [0.5, 0.6) is 0 Å². The molecule has 96 valence electrons. The Morgan fingerprint density at radius 2 is 2.29 bits per heavy atom. The van der Waals surface area contributed by atoms with Gasteiger partial charge < -0.3 is 5.73 Å². The van der Waals surface area contributed by atoms with Gasteiger partial charge in [0.15, 0.2) is 9.84 Å². The average Bonchev–Trinajstić information content (AvgIpc) is 2.63. The molecule has 17 heavy (non-hydrogen) atoms. The van der Waals surface area contributed by atoms with Crippen LogP contribution in [0.2, 0.25) is 0 Å². The summed E-state index contributed by atoms with van der Waals surface area (Å²) in [5, 5.41) is 8.42. The van der Waals surface area contributed by atoms with Crippen molar-refractivity contribution in [2.24, 2.45) is 0 Å². The normalized spacial score (nSPS) is 22.8. The summed E-state index contributed by atoms with van der Waals surface area (Å²) in [6.45, 7) is 1.26. The van der Waals surface area contributed by atoms with E-state index in [0.29, 0.717) is 17.4 Å². The summed E-state index contributed by atoms with van der Waals surface area (Å²) in [6.07, 6.45) is 1.28. The van der Waals surface area contributed by atoms with E-state index in [1.165, 1.54) is 17.6 Å². The van der Waals surface area contributed by atoms with Crippen LogP contribution in [0.1, 0.15) is 5.01 Å². The van der Waals surface area contributed by atoms with Crippen molar-refractivity contribution >= 4 is 38.1 Å². The fourth-order valence-electron chi connectivity index (χ4n) is 1.69. The highest BCUT2D eigenvalue weighted by Gasteiger charge is 2.31. The number of nitrogen functional groups attached to an aromatic ring is 1. The van der Waals surface area contributed by atoms with E-state index in [9.17, 15) is 8.42 Å². The molecule has 0 radical (unpaired) electrons. The van der Waals surface area contributed by atoms with E-state index in [2.05, 4.69) is 10.2 Å². The van der Waals surface area contributed by atoms with Gasteiger partial charge in [-0.3, -0.25) is 4.90 Å². The van der Waals surface area contributed by atoms with Crippen LogP contribution in [-0.4, -0.2) is 53.2 Å². The van der Waals surface area contributed by atoms with Crippen LogP contribution >= 0.6 is 23.1 Å². The van der Waals surface area contributed by atoms with Crippen molar-refractivity contribution in [2.75, 3.05) is 30.0 Å². The Morgan fingerprint density at radius 1 is 1.53 bits per heavy atom. The summed E-state index contributed by atoms with van der Waals surface area (Å²) in [7, 11) is -3.06. The van der Waals surface area contributed by atoms with E-state index >= 15 is 0 Å².